The van der Waals surface area contributed by atoms with Crippen molar-refractivity contribution in [3.8, 4) is 12.0 Å². The van der Waals surface area contributed by atoms with Gasteiger partial charge in [0.1, 0.15) is 12.6 Å². The Morgan fingerprint density at radius 3 is 1.82 bits per heavy atom. The molecule has 0 bridgehead atoms. The first-order valence-corrected chi connectivity index (χ1v) is 15.8. The number of esters is 1. The number of hydrogen-bond donors (Lipinski definition) is 0. The SMILES string of the molecule is CCCCCCCCCCCCCCCCCCCCCC(=O)OCCN1C#CCC=[N+](CC(=O)[O-])CC1. The van der Waals surface area contributed by atoms with E-state index in [4.69, 9.17) is 4.74 Å². The Morgan fingerprint density at radius 1 is 0.816 bits per heavy atom. The molecule has 1 heterocycles. The Balaban J connectivity index is 1.83. The highest BCUT2D eigenvalue weighted by atomic mass is 16.5. The van der Waals surface area contributed by atoms with E-state index in [-0.39, 0.29) is 12.5 Å². The fraction of sp³-hybridized carbons (Fsp3) is 0.844. The van der Waals surface area contributed by atoms with E-state index in [1.807, 2.05) is 4.90 Å². The van der Waals surface area contributed by atoms with E-state index in [1.54, 1.807) is 10.8 Å². The maximum atomic E-state index is 12.0. The van der Waals surface area contributed by atoms with Crippen LogP contribution < -0.4 is 5.11 Å². The molecule has 218 valence electrons. The largest absolute Gasteiger partial charge is 0.544 e. The van der Waals surface area contributed by atoms with E-state index in [0.717, 1.165) is 12.8 Å². The molecule has 0 amide bonds. The summed E-state index contributed by atoms with van der Waals surface area (Å²) >= 11 is 0. The Kier molecular flexibility index (Phi) is 22.6. The van der Waals surface area contributed by atoms with Crippen molar-refractivity contribution >= 4 is 18.2 Å². The van der Waals surface area contributed by atoms with E-state index in [9.17, 15) is 14.7 Å². The van der Waals surface area contributed by atoms with Crippen LogP contribution in [-0.4, -0.2) is 60.4 Å². The van der Waals surface area contributed by atoms with Crippen molar-refractivity contribution in [2.24, 2.45) is 0 Å². The van der Waals surface area contributed by atoms with E-state index in [2.05, 4.69) is 18.9 Å². The Hall–Kier alpha value is -2.03. The lowest BCUT2D eigenvalue weighted by Crippen LogP contribution is -2.38. The molecule has 1 aliphatic rings. The molecule has 0 saturated heterocycles. The lowest BCUT2D eigenvalue weighted by atomic mass is 10.0. The monoisotopic (exact) mass is 532 g/mol. The second kappa shape index (κ2) is 25.3. The molecule has 0 aromatic heterocycles. The molecule has 0 atom stereocenters. The molecule has 6 nitrogen and oxygen atoms in total. The van der Waals surface area contributed by atoms with Crippen molar-refractivity contribution in [3.63, 3.8) is 0 Å². The molecule has 0 aliphatic carbocycles. The second-order valence-electron chi connectivity index (χ2n) is 10.8. The molecule has 38 heavy (non-hydrogen) atoms. The summed E-state index contributed by atoms with van der Waals surface area (Å²) in [6.45, 7) is 4.19. The zero-order chi connectivity index (χ0) is 27.5. The van der Waals surface area contributed by atoms with Crippen LogP contribution in [-0.2, 0) is 14.3 Å². The number of aliphatic carboxylic acids is 1. The molecule has 0 unspecified atom stereocenters. The molecule has 1 aliphatic heterocycles. The first-order chi connectivity index (χ1) is 18.6. The van der Waals surface area contributed by atoms with Gasteiger partial charge in [0.05, 0.1) is 19.5 Å². The third-order valence-corrected chi connectivity index (χ3v) is 7.29. The summed E-state index contributed by atoms with van der Waals surface area (Å²) < 4.78 is 7.08. The summed E-state index contributed by atoms with van der Waals surface area (Å²) in [5.74, 6) is 1.77. The molecule has 0 aromatic rings. The molecule has 0 radical (unpaired) electrons. The normalized spacial score (nSPS) is 13.3. The zero-order valence-electron chi connectivity index (χ0n) is 24.5. The molecule has 1 rings (SSSR count). The van der Waals surface area contributed by atoms with Crippen molar-refractivity contribution in [3.05, 3.63) is 0 Å². The molecular weight excluding hydrogens is 476 g/mol. The number of rotatable bonds is 25. The first-order valence-electron chi connectivity index (χ1n) is 15.8. The third kappa shape index (κ3) is 22.0. The summed E-state index contributed by atoms with van der Waals surface area (Å²) in [5.41, 5.74) is 0. The van der Waals surface area contributed by atoms with Crippen molar-refractivity contribution in [2.45, 2.75) is 142 Å². The lowest BCUT2D eigenvalue weighted by Gasteiger charge is -2.18. The van der Waals surface area contributed by atoms with Crippen molar-refractivity contribution in [1.29, 1.82) is 0 Å². The average Bonchev–Trinajstić information content (AvgIpc) is 2.88. The van der Waals surface area contributed by atoms with Crippen LogP contribution in [0, 0.1) is 12.0 Å². The van der Waals surface area contributed by atoms with Gasteiger partial charge in [-0.15, -0.1) is 0 Å². The molecule has 6 heteroatoms. The van der Waals surface area contributed by atoms with Gasteiger partial charge in [0.15, 0.2) is 19.3 Å². The summed E-state index contributed by atoms with van der Waals surface area (Å²) in [5, 5.41) is 10.8. The van der Waals surface area contributed by atoms with Gasteiger partial charge >= 0.3 is 5.97 Å². The van der Waals surface area contributed by atoms with Crippen molar-refractivity contribution in [2.75, 3.05) is 32.8 Å². The smallest absolute Gasteiger partial charge is 0.305 e. The molecule has 0 fully saturated rings. The molecular formula is C32H56N2O4. The van der Waals surface area contributed by atoms with Gasteiger partial charge in [0.25, 0.3) is 0 Å². The third-order valence-electron chi connectivity index (χ3n) is 7.29. The summed E-state index contributed by atoms with van der Waals surface area (Å²) in [4.78, 5) is 24.7. The number of carboxylic acid groups (broad SMARTS) is 1. The Bertz CT molecular complexity index is 695. The van der Waals surface area contributed by atoms with Crippen molar-refractivity contribution < 1.29 is 24.0 Å². The molecule has 0 aromatic carbocycles. The summed E-state index contributed by atoms with van der Waals surface area (Å²) in [7, 11) is 0. The minimum absolute atomic E-state index is 0.121. The minimum Gasteiger partial charge on any atom is -0.544 e. The number of carbonyl (C=O) groups excluding carboxylic acids is 2. The van der Waals surface area contributed by atoms with Crippen LogP contribution in [0.5, 0.6) is 0 Å². The second-order valence-corrected chi connectivity index (χ2v) is 10.8. The van der Waals surface area contributed by atoms with Crippen LogP contribution in [0.25, 0.3) is 0 Å². The molecule has 0 spiro atoms. The highest BCUT2D eigenvalue weighted by Gasteiger charge is 2.11. The number of unbranched alkanes of at least 4 members (excludes halogenated alkanes) is 18. The number of hydrogen-bond acceptors (Lipinski definition) is 5. The fourth-order valence-electron chi connectivity index (χ4n) is 4.90. The Labute approximate surface area is 233 Å². The number of carbonyl (C=O) groups is 2. The number of carboxylic acids is 1. The number of nitrogens with zero attached hydrogens (tertiary/aromatic N) is 2. The van der Waals surface area contributed by atoms with Gasteiger partial charge in [-0.25, -0.2) is 4.58 Å². The highest BCUT2D eigenvalue weighted by Crippen LogP contribution is 2.15. The fourth-order valence-corrected chi connectivity index (χ4v) is 4.90. The number of ether oxygens (including phenoxy) is 1. The van der Waals surface area contributed by atoms with Crippen LogP contribution in [0.15, 0.2) is 0 Å². The quantitative estimate of drug-likeness (QED) is 0.0638. The zero-order valence-corrected chi connectivity index (χ0v) is 24.5. The summed E-state index contributed by atoms with van der Waals surface area (Å²) in [6, 6.07) is 3.05. The maximum absolute atomic E-state index is 12.0. The van der Waals surface area contributed by atoms with Gasteiger partial charge in [-0.05, 0) is 6.42 Å². The molecule has 0 N–H and O–H groups in total. The first kappa shape index (κ1) is 34.0. The Morgan fingerprint density at radius 2 is 1.32 bits per heavy atom. The van der Waals surface area contributed by atoms with Crippen LogP contribution in [0.3, 0.4) is 0 Å². The van der Waals surface area contributed by atoms with Crippen LogP contribution in [0.2, 0.25) is 0 Å². The van der Waals surface area contributed by atoms with Gasteiger partial charge in [-0.3, -0.25) is 4.79 Å². The lowest BCUT2D eigenvalue weighted by molar-refractivity contribution is -0.524. The topological polar surface area (TPSA) is 72.7 Å². The van der Waals surface area contributed by atoms with Crippen LogP contribution >= 0.6 is 0 Å². The van der Waals surface area contributed by atoms with Gasteiger partial charge < -0.3 is 19.5 Å². The van der Waals surface area contributed by atoms with E-state index < -0.39 is 5.97 Å². The van der Waals surface area contributed by atoms with Crippen LogP contribution in [0.4, 0.5) is 0 Å². The summed E-state index contributed by atoms with van der Waals surface area (Å²) in [6.07, 6.45) is 28.3. The highest BCUT2D eigenvalue weighted by molar-refractivity contribution is 5.69. The van der Waals surface area contributed by atoms with Gasteiger partial charge in [0.2, 0.25) is 0 Å². The predicted molar refractivity (Wildman–Crippen MR) is 154 cm³/mol. The van der Waals surface area contributed by atoms with E-state index >= 15 is 0 Å². The van der Waals surface area contributed by atoms with Gasteiger partial charge in [-0.1, -0.05) is 128 Å². The standard InChI is InChI=1S/C32H56N2O4/c1-2-3-4-5-6-7-8-9-10-11-12-13-14-15-16-17-18-19-20-23-32(37)38-29-28-33-24-21-22-25-34(27-26-33)30-31(35)36/h25H,2-20,22-23,26-30H2,1H3. The minimum atomic E-state index is -1.09. The maximum Gasteiger partial charge on any atom is 0.305 e. The average molecular weight is 533 g/mol. The molecule has 0 saturated carbocycles. The van der Waals surface area contributed by atoms with E-state index in [0.29, 0.717) is 39.1 Å². The van der Waals surface area contributed by atoms with Crippen molar-refractivity contribution in [1.82, 2.24) is 4.90 Å². The van der Waals surface area contributed by atoms with Gasteiger partial charge in [0, 0.05) is 12.5 Å². The predicted octanol–water partition coefficient (Wildman–Crippen LogP) is 5.85. The van der Waals surface area contributed by atoms with E-state index in [1.165, 1.54) is 109 Å². The van der Waals surface area contributed by atoms with Crippen LogP contribution in [0.1, 0.15) is 142 Å². The van der Waals surface area contributed by atoms with Gasteiger partial charge in [-0.2, -0.15) is 0 Å².